The number of ether oxygens (including phenoxy) is 1. The molecule has 13 heteroatoms. The summed E-state index contributed by atoms with van der Waals surface area (Å²) in [5.41, 5.74) is 1.26. The third kappa shape index (κ3) is 6.29. The van der Waals surface area contributed by atoms with Crippen LogP contribution in [0.25, 0.3) is 11.0 Å². The summed E-state index contributed by atoms with van der Waals surface area (Å²) in [5, 5.41) is 0.880. The van der Waals surface area contributed by atoms with E-state index in [1.165, 1.54) is 38.2 Å². The van der Waals surface area contributed by atoms with Crippen LogP contribution in [-0.2, 0) is 23.2 Å². The number of nitrogens with one attached hydrogen (secondary N) is 2. The molecule has 194 valence electrons. The minimum absolute atomic E-state index is 0.0575. The van der Waals surface area contributed by atoms with Gasteiger partial charge >= 0.3 is 11.7 Å². The van der Waals surface area contributed by atoms with E-state index in [-0.39, 0.29) is 33.5 Å². The summed E-state index contributed by atoms with van der Waals surface area (Å²) in [7, 11) is 4.23. The molecule has 0 unspecified atom stereocenters. The molecule has 0 bridgehead atoms. The number of amides is 1. The van der Waals surface area contributed by atoms with E-state index in [2.05, 4.69) is 9.44 Å². The number of hydrogen-bond donors (Lipinski definition) is 2. The Labute approximate surface area is 218 Å². The lowest BCUT2D eigenvalue weighted by Crippen LogP contribution is -2.26. The molecule has 0 atom stereocenters. The van der Waals surface area contributed by atoms with Crippen molar-refractivity contribution in [1.82, 2.24) is 14.5 Å². The Kier molecular flexibility index (Phi) is 8.52. The summed E-state index contributed by atoms with van der Waals surface area (Å²) < 4.78 is 39.2. The van der Waals surface area contributed by atoms with Crippen LogP contribution in [0.3, 0.4) is 0 Å². The van der Waals surface area contributed by atoms with Crippen LogP contribution in [0.4, 0.5) is 10.5 Å². The number of anilines is 1. The van der Waals surface area contributed by atoms with Gasteiger partial charge in [0, 0.05) is 51.1 Å². The first-order chi connectivity index (χ1) is 16.8. The average molecular weight is 557 g/mol. The number of nitrogens with zero attached hydrogens (tertiary/aromatic N) is 2. The number of carbonyl (C=O) groups is 1. The van der Waals surface area contributed by atoms with E-state index in [1.807, 2.05) is 19.0 Å². The van der Waals surface area contributed by atoms with Crippen LogP contribution in [0, 0.1) is 0 Å². The number of benzene rings is 2. The quantitative estimate of drug-likeness (QED) is 0.406. The fourth-order valence-electron chi connectivity index (χ4n) is 3.42. The first-order valence-corrected chi connectivity index (χ1v) is 12.9. The molecule has 3 rings (SSSR count). The molecule has 0 saturated carbocycles. The average Bonchev–Trinajstić information content (AvgIpc) is 2.79. The van der Waals surface area contributed by atoms with Gasteiger partial charge in [-0.2, -0.15) is 8.42 Å². The van der Waals surface area contributed by atoms with Gasteiger partial charge in [-0.25, -0.2) is 14.3 Å². The highest BCUT2D eigenvalue weighted by Crippen LogP contribution is 2.34. The zero-order valence-corrected chi connectivity index (χ0v) is 22.6. The minimum Gasteiger partial charge on any atom is -0.422 e. The molecule has 2 N–H and O–H groups in total. The van der Waals surface area contributed by atoms with Crippen LogP contribution in [0.2, 0.25) is 10.0 Å². The zero-order valence-electron chi connectivity index (χ0n) is 20.3. The van der Waals surface area contributed by atoms with Crippen molar-refractivity contribution in [3.63, 3.8) is 0 Å². The van der Waals surface area contributed by atoms with E-state index < -0.39 is 21.9 Å². The molecule has 3 aromatic rings. The van der Waals surface area contributed by atoms with Crippen molar-refractivity contribution >= 4 is 56.2 Å². The van der Waals surface area contributed by atoms with E-state index in [1.54, 1.807) is 18.2 Å². The third-order valence-electron chi connectivity index (χ3n) is 5.17. The van der Waals surface area contributed by atoms with Gasteiger partial charge in [0.1, 0.15) is 5.58 Å². The van der Waals surface area contributed by atoms with Crippen molar-refractivity contribution in [2.24, 2.45) is 0 Å². The predicted octanol–water partition coefficient (Wildman–Crippen LogP) is 3.69. The van der Waals surface area contributed by atoms with Crippen LogP contribution in [0.5, 0.6) is 5.75 Å². The molecule has 0 aliphatic carbocycles. The lowest BCUT2D eigenvalue weighted by Gasteiger charge is -2.18. The molecule has 1 heterocycles. The van der Waals surface area contributed by atoms with Crippen molar-refractivity contribution in [1.29, 1.82) is 0 Å². The summed E-state index contributed by atoms with van der Waals surface area (Å²) in [6.07, 6.45) is -0.558. The Bertz CT molecular complexity index is 1470. The molecule has 0 aliphatic rings. The van der Waals surface area contributed by atoms with Crippen LogP contribution in [-0.4, -0.2) is 59.5 Å². The Morgan fingerprint density at radius 3 is 2.42 bits per heavy atom. The Morgan fingerprint density at radius 1 is 1.11 bits per heavy atom. The number of halogens is 2. The second-order valence-corrected chi connectivity index (χ2v) is 10.8. The van der Waals surface area contributed by atoms with Gasteiger partial charge in [0.25, 0.3) is 10.2 Å². The van der Waals surface area contributed by atoms with Crippen molar-refractivity contribution in [3.8, 4) is 5.75 Å². The van der Waals surface area contributed by atoms with Crippen LogP contribution in [0.1, 0.15) is 16.7 Å². The molecule has 0 spiro atoms. The Morgan fingerprint density at radius 2 is 1.81 bits per heavy atom. The topological polar surface area (TPSA) is 121 Å². The van der Waals surface area contributed by atoms with E-state index >= 15 is 0 Å². The first kappa shape index (κ1) is 27.8. The summed E-state index contributed by atoms with van der Waals surface area (Å²) in [6.45, 7) is 0.369. The van der Waals surface area contributed by atoms with Gasteiger partial charge in [-0.05, 0) is 37.4 Å². The number of fused-ring (bicyclic) bond motifs is 1. The van der Waals surface area contributed by atoms with Gasteiger partial charge in [0.2, 0.25) is 0 Å². The molecule has 0 radical (unpaired) electrons. The lowest BCUT2D eigenvalue weighted by molar-refractivity contribution is 0.172. The molecule has 0 saturated heterocycles. The second-order valence-electron chi connectivity index (χ2n) is 8.39. The first-order valence-electron chi connectivity index (χ1n) is 10.6. The maximum absolute atomic E-state index is 13.1. The number of carbonyl (C=O) groups excluding carboxylic acids is 1. The highest BCUT2D eigenvalue weighted by Gasteiger charge is 2.21. The van der Waals surface area contributed by atoms with Gasteiger partial charge in [-0.1, -0.05) is 35.3 Å². The van der Waals surface area contributed by atoms with Crippen LogP contribution < -0.4 is 19.8 Å². The molecular formula is C23H26Cl2N4O6S. The largest absolute Gasteiger partial charge is 0.422 e. The van der Waals surface area contributed by atoms with E-state index in [0.717, 1.165) is 0 Å². The normalized spacial score (nSPS) is 11.7. The monoisotopic (exact) mass is 556 g/mol. The minimum atomic E-state index is -3.79. The number of hydrogen-bond acceptors (Lipinski definition) is 7. The second kappa shape index (κ2) is 11.1. The Hall–Kier alpha value is -2.83. The molecule has 10 nitrogen and oxygen atoms in total. The maximum Gasteiger partial charge on any atom is 0.414 e. The molecule has 0 fully saturated rings. The van der Waals surface area contributed by atoms with Crippen LogP contribution in [0.15, 0.2) is 39.5 Å². The molecule has 1 amide bonds. The molecule has 0 aliphatic heterocycles. The van der Waals surface area contributed by atoms with Crippen molar-refractivity contribution in [3.05, 3.63) is 67.5 Å². The Balaban J connectivity index is 2.14. The summed E-state index contributed by atoms with van der Waals surface area (Å²) >= 11 is 12.9. The lowest BCUT2D eigenvalue weighted by atomic mass is 9.97. The van der Waals surface area contributed by atoms with Crippen LogP contribution >= 0.6 is 23.2 Å². The van der Waals surface area contributed by atoms with Gasteiger partial charge < -0.3 is 19.0 Å². The molecular weight excluding hydrogens is 531 g/mol. The molecule has 1 aromatic heterocycles. The SMILES string of the molecule is CNS(=O)(=O)Nc1cccc(Cc2c(CN(C)C)c3cc(Cl)c(OC(=O)N(C)C)cc3oc2=O)c1Cl. The van der Waals surface area contributed by atoms with Gasteiger partial charge in [0.05, 0.1) is 15.7 Å². The summed E-state index contributed by atoms with van der Waals surface area (Å²) in [5.74, 6) is 0.0575. The van der Waals surface area contributed by atoms with E-state index in [9.17, 15) is 18.0 Å². The van der Waals surface area contributed by atoms with Gasteiger partial charge in [-0.3, -0.25) is 4.72 Å². The fraction of sp³-hybridized carbons (Fsp3) is 0.304. The smallest absolute Gasteiger partial charge is 0.414 e. The third-order valence-corrected chi connectivity index (χ3v) is 6.94. The summed E-state index contributed by atoms with van der Waals surface area (Å²) in [4.78, 5) is 28.3. The van der Waals surface area contributed by atoms with Crippen molar-refractivity contribution in [2.75, 3.05) is 40.0 Å². The van der Waals surface area contributed by atoms with E-state index in [0.29, 0.717) is 28.6 Å². The van der Waals surface area contributed by atoms with Crippen molar-refractivity contribution < 1.29 is 22.4 Å². The van der Waals surface area contributed by atoms with Gasteiger partial charge in [0.15, 0.2) is 5.75 Å². The highest BCUT2D eigenvalue weighted by molar-refractivity contribution is 7.90. The van der Waals surface area contributed by atoms with E-state index in [4.69, 9.17) is 32.4 Å². The highest BCUT2D eigenvalue weighted by atomic mass is 35.5. The fourth-order valence-corrected chi connectivity index (χ4v) is 4.48. The molecule has 36 heavy (non-hydrogen) atoms. The predicted molar refractivity (Wildman–Crippen MR) is 140 cm³/mol. The maximum atomic E-state index is 13.1. The zero-order chi connectivity index (χ0) is 26.8. The standard InChI is InChI=1S/C23H26Cl2N4O6S/c1-26-36(32,33)27-18-8-6-7-13(21(18)25)9-15-16(12-28(2)3)14-10-17(24)20(35-23(31)29(4)5)11-19(14)34-22(15)30/h6-8,10-11,26-27H,9,12H2,1-5H3. The molecule has 2 aromatic carbocycles. The van der Waals surface area contributed by atoms with Crippen molar-refractivity contribution in [2.45, 2.75) is 13.0 Å². The summed E-state index contributed by atoms with van der Waals surface area (Å²) in [6, 6.07) is 7.83. The number of rotatable bonds is 8. The van der Waals surface area contributed by atoms with Gasteiger partial charge in [-0.15, -0.1) is 0 Å².